The molecule has 0 saturated carbocycles. The monoisotopic (exact) mass is 152 g/mol. The molecule has 0 radical (unpaired) electrons. The molecule has 2 heterocycles. The van der Waals surface area contributed by atoms with Crippen LogP contribution in [0.25, 0.3) is 0 Å². The van der Waals surface area contributed by atoms with Gasteiger partial charge in [0.25, 0.3) is 0 Å². The van der Waals surface area contributed by atoms with E-state index in [1.54, 1.807) is 6.92 Å². The summed E-state index contributed by atoms with van der Waals surface area (Å²) < 4.78 is 12.5. The van der Waals surface area contributed by atoms with Gasteiger partial charge in [-0.05, 0) is 6.92 Å². The van der Waals surface area contributed by atoms with Crippen LogP contribution in [0.4, 0.5) is 4.39 Å². The van der Waals surface area contributed by atoms with Gasteiger partial charge in [0, 0.05) is 0 Å². The molecule has 0 aliphatic carbocycles. The Morgan fingerprint density at radius 3 is 3.09 bits per heavy atom. The predicted molar refractivity (Wildman–Crippen MR) is 41.4 cm³/mol. The van der Waals surface area contributed by atoms with Crippen molar-refractivity contribution in [1.82, 2.24) is 0 Å². The summed E-state index contributed by atoms with van der Waals surface area (Å²) in [5.41, 5.74) is 0.602. The molecule has 56 valence electrons. The first kappa shape index (κ1) is 6.33. The summed E-state index contributed by atoms with van der Waals surface area (Å²) in [7, 11) is 0. The van der Waals surface area contributed by atoms with Gasteiger partial charge in [0.1, 0.15) is 12.4 Å². The molecule has 11 heavy (non-hydrogen) atoms. The summed E-state index contributed by atoms with van der Waals surface area (Å²) in [6.45, 7) is 1.71. The summed E-state index contributed by atoms with van der Waals surface area (Å²) in [6, 6.07) is -0.241. The SMILES string of the molecule is CC1=NC(F)=NC2=NC=NC12. The Labute approximate surface area is 62.3 Å². The molecule has 0 fully saturated rings. The quantitative estimate of drug-likeness (QED) is 0.456. The van der Waals surface area contributed by atoms with E-state index in [-0.39, 0.29) is 6.04 Å². The van der Waals surface area contributed by atoms with E-state index in [0.29, 0.717) is 11.5 Å². The Morgan fingerprint density at radius 1 is 1.45 bits per heavy atom. The number of nitrogens with zero attached hydrogens (tertiary/aromatic N) is 4. The molecule has 0 spiro atoms. The lowest BCUT2D eigenvalue weighted by Gasteiger charge is -2.09. The molecule has 0 aromatic heterocycles. The molecule has 0 amide bonds. The van der Waals surface area contributed by atoms with E-state index in [0.717, 1.165) is 0 Å². The van der Waals surface area contributed by atoms with Crippen LogP contribution in [0.5, 0.6) is 0 Å². The topological polar surface area (TPSA) is 49.4 Å². The zero-order chi connectivity index (χ0) is 7.84. The van der Waals surface area contributed by atoms with Crippen LogP contribution in [0.1, 0.15) is 6.92 Å². The van der Waals surface area contributed by atoms with Gasteiger partial charge in [0.15, 0.2) is 5.84 Å². The van der Waals surface area contributed by atoms with Crippen LogP contribution in [-0.2, 0) is 0 Å². The number of hydrogen-bond donors (Lipinski definition) is 0. The highest BCUT2D eigenvalue weighted by molar-refractivity contribution is 6.21. The van der Waals surface area contributed by atoms with E-state index in [4.69, 9.17) is 0 Å². The van der Waals surface area contributed by atoms with Gasteiger partial charge in [-0.25, -0.2) is 9.98 Å². The van der Waals surface area contributed by atoms with Crippen LogP contribution in [0, 0.1) is 0 Å². The molecule has 2 rings (SSSR count). The van der Waals surface area contributed by atoms with Gasteiger partial charge in [0.05, 0.1) is 5.71 Å². The minimum atomic E-state index is -0.733. The first-order valence-electron chi connectivity index (χ1n) is 3.16. The zero-order valence-electron chi connectivity index (χ0n) is 5.82. The average Bonchev–Trinajstić information content (AvgIpc) is 2.34. The van der Waals surface area contributed by atoms with Crippen LogP contribution in [0.3, 0.4) is 0 Å². The van der Waals surface area contributed by atoms with Crippen molar-refractivity contribution in [2.24, 2.45) is 20.0 Å². The van der Waals surface area contributed by atoms with Crippen molar-refractivity contribution in [2.75, 3.05) is 0 Å². The van der Waals surface area contributed by atoms with Crippen molar-refractivity contribution in [1.29, 1.82) is 0 Å². The molecule has 4 nitrogen and oxygen atoms in total. The Morgan fingerprint density at radius 2 is 2.27 bits per heavy atom. The Hall–Kier alpha value is -1.39. The third kappa shape index (κ3) is 0.886. The maximum absolute atomic E-state index is 12.5. The highest BCUT2D eigenvalue weighted by Crippen LogP contribution is 2.11. The van der Waals surface area contributed by atoms with Gasteiger partial charge in [-0.15, -0.1) is 0 Å². The second-order valence-corrected chi connectivity index (χ2v) is 2.29. The van der Waals surface area contributed by atoms with E-state index in [1.165, 1.54) is 6.34 Å². The fraction of sp³-hybridized carbons (Fsp3) is 0.333. The molecule has 0 N–H and O–H groups in total. The van der Waals surface area contributed by atoms with Crippen molar-refractivity contribution in [3.63, 3.8) is 0 Å². The van der Waals surface area contributed by atoms with Crippen molar-refractivity contribution in [3.05, 3.63) is 0 Å². The van der Waals surface area contributed by atoms with Crippen LogP contribution >= 0.6 is 0 Å². The molecule has 0 aromatic rings. The average molecular weight is 152 g/mol. The maximum Gasteiger partial charge on any atom is 0.310 e. The summed E-state index contributed by atoms with van der Waals surface area (Å²) in [4.78, 5) is 14.7. The molecular weight excluding hydrogens is 147 g/mol. The molecule has 0 aromatic carbocycles. The van der Waals surface area contributed by atoms with Crippen LogP contribution in [-0.4, -0.2) is 30.0 Å². The lowest BCUT2D eigenvalue weighted by molar-refractivity contribution is 0.787. The van der Waals surface area contributed by atoms with Crippen molar-refractivity contribution < 1.29 is 4.39 Å². The van der Waals surface area contributed by atoms with Crippen molar-refractivity contribution in [3.8, 4) is 0 Å². The molecule has 0 bridgehead atoms. The molecule has 1 unspecified atom stereocenters. The lowest BCUT2D eigenvalue weighted by atomic mass is 10.2. The third-order valence-electron chi connectivity index (χ3n) is 1.52. The lowest BCUT2D eigenvalue weighted by Crippen LogP contribution is -2.27. The highest BCUT2D eigenvalue weighted by Gasteiger charge is 2.25. The van der Waals surface area contributed by atoms with Gasteiger partial charge in [0.2, 0.25) is 0 Å². The molecule has 5 heteroatoms. The Balaban J connectivity index is 2.45. The van der Waals surface area contributed by atoms with Gasteiger partial charge >= 0.3 is 6.09 Å². The van der Waals surface area contributed by atoms with Gasteiger partial charge in [-0.3, -0.25) is 4.99 Å². The number of halogens is 1. The number of rotatable bonds is 0. The van der Waals surface area contributed by atoms with E-state index in [2.05, 4.69) is 20.0 Å². The Kier molecular flexibility index (Phi) is 1.18. The zero-order valence-corrected chi connectivity index (χ0v) is 5.82. The van der Waals surface area contributed by atoms with Crippen LogP contribution < -0.4 is 0 Å². The summed E-state index contributed by atoms with van der Waals surface area (Å²) >= 11 is 0. The van der Waals surface area contributed by atoms with E-state index in [1.807, 2.05) is 0 Å². The molecule has 0 saturated heterocycles. The molecule has 2 aliphatic heterocycles. The predicted octanol–water partition coefficient (Wildman–Crippen LogP) is 0.595. The Bertz CT molecular complexity index is 313. The number of aliphatic imine (C=N–C) groups is 4. The summed E-state index contributed by atoms with van der Waals surface area (Å²) in [5, 5.41) is 0. The number of fused-ring (bicyclic) bond motifs is 1. The second-order valence-electron chi connectivity index (χ2n) is 2.29. The van der Waals surface area contributed by atoms with E-state index in [9.17, 15) is 4.39 Å². The fourth-order valence-corrected chi connectivity index (χ4v) is 1.01. The van der Waals surface area contributed by atoms with E-state index >= 15 is 0 Å². The number of amidine groups is 2. The summed E-state index contributed by atoms with van der Waals surface area (Å²) in [5.74, 6) is 0.398. The second kappa shape index (κ2) is 2.05. The fourth-order valence-electron chi connectivity index (χ4n) is 1.01. The molecule has 1 atom stereocenters. The van der Waals surface area contributed by atoms with Crippen molar-refractivity contribution in [2.45, 2.75) is 13.0 Å². The van der Waals surface area contributed by atoms with Gasteiger partial charge in [-0.1, -0.05) is 0 Å². The normalized spacial score (nSPS) is 27.5. The number of hydrogen-bond acceptors (Lipinski definition) is 4. The van der Waals surface area contributed by atoms with Crippen LogP contribution in [0.15, 0.2) is 20.0 Å². The van der Waals surface area contributed by atoms with Gasteiger partial charge < -0.3 is 0 Å². The maximum atomic E-state index is 12.5. The first-order chi connectivity index (χ1) is 5.27. The smallest absolute Gasteiger partial charge is 0.256 e. The molecular formula is C6H5FN4. The van der Waals surface area contributed by atoms with Crippen molar-refractivity contribution >= 4 is 24.0 Å². The third-order valence-corrected chi connectivity index (χ3v) is 1.52. The summed E-state index contributed by atoms with van der Waals surface area (Å²) in [6.07, 6.45) is 0.643. The standard InChI is InChI=1S/C6H5FN4/c1-3-4-5(9-2-8-4)11-6(7)10-3/h2,4H,1H3. The minimum Gasteiger partial charge on any atom is -0.256 e. The van der Waals surface area contributed by atoms with Crippen LogP contribution in [0.2, 0.25) is 0 Å². The highest BCUT2D eigenvalue weighted by atomic mass is 19.1. The first-order valence-corrected chi connectivity index (χ1v) is 3.16. The molecule has 2 aliphatic rings. The van der Waals surface area contributed by atoms with Gasteiger partial charge in [-0.2, -0.15) is 9.38 Å². The largest absolute Gasteiger partial charge is 0.310 e. The van der Waals surface area contributed by atoms with E-state index < -0.39 is 6.09 Å². The minimum absolute atomic E-state index is 0.241.